The van der Waals surface area contributed by atoms with Crippen LogP contribution in [0.4, 0.5) is 0 Å². The monoisotopic (exact) mass is 285 g/mol. The minimum Gasteiger partial charge on any atom is -0.326 e. The Labute approximate surface area is 127 Å². The van der Waals surface area contributed by atoms with Crippen LogP contribution in [-0.2, 0) is 6.42 Å². The van der Waals surface area contributed by atoms with Crippen LogP contribution in [0.2, 0.25) is 0 Å². The summed E-state index contributed by atoms with van der Waals surface area (Å²) in [4.78, 5) is 4.82. The average molecular weight is 285 g/mol. The average Bonchev–Trinajstić information content (AvgIpc) is 2.88. The van der Waals surface area contributed by atoms with Gasteiger partial charge in [0.2, 0.25) is 0 Å². The fourth-order valence-electron chi connectivity index (χ4n) is 3.94. The summed E-state index contributed by atoms with van der Waals surface area (Å²) in [5.41, 5.74) is 8.86. The smallest absolute Gasteiger partial charge is 0.109 e. The van der Waals surface area contributed by atoms with Gasteiger partial charge in [0, 0.05) is 12.5 Å². The van der Waals surface area contributed by atoms with E-state index in [0.29, 0.717) is 6.04 Å². The van der Waals surface area contributed by atoms with E-state index in [2.05, 4.69) is 42.7 Å². The van der Waals surface area contributed by atoms with Gasteiger partial charge in [0.1, 0.15) is 5.82 Å². The summed E-state index contributed by atoms with van der Waals surface area (Å²) in [6.45, 7) is 4.48. The molecule has 0 aliphatic heterocycles. The maximum atomic E-state index is 6.49. The number of nitrogens with zero attached hydrogens (tertiary/aromatic N) is 2. The minimum absolute atomic E-state index is 0.265. The highest BCUT2D eigenvalue weighted by molar-refractivity contribution is 5.76. The van der Waals surface area contributed by atoms with Gasteiger partial charge in [0.05, 0.1) is 17.1 Å². The Morgan fingerprint density at radius 3 is 2.81 bits per heavy atom. The molecule has 1 saturated carbocycles. The van der Waals surface area contributed by atoms with Gasteiger partial charge >= 0.3 is 0 Å². The van der Waals surface area contributed by atoms with Crippen LogP contribution >= 0.6 is 0 Å². The zero-order chi connectivity index (χ0) is 14.8. The molecule has 1 fully saturated rings. The van der Waals surface area contributed by atoms with Crippen molar-refractivity contribution in [3.8, 4) is 0 Å². The number of imidazole rings is 1. The van der Waals surface area contributed by atoms with E-state index in [9.17, 15) is 0 Å². The van der Waals surface area contributed by atoms with Crippen molar-refractivity contribution in [2.45, 2.75) is 64.5 Å². The predicted octanol–water partition coefficient (Wildman–Crippen LogP) is 4.07. The van der Waals surface area contributed by atoms with Crippen molar-refractivity contribution < 1.29 is 0 Å². The molecule has 3 rings (SSSR count). The first kappa shape index (κ1) is 14.6. The highest BCUT2D eigenvalue weighted by Crippen LogP contribution is 2.37. The molecule has 2 aromatic rings. The number of nitrogens with two attached hydrogens (primary N) is 1. The van der Waals surface area contributed by atoms with E-state index in [-0.39, 0.29) is 6.04 Å². The molecule has 1 aromatic heterocycles. The molecule has 0 saturated heterocycles. The lowest BCUT2D eigenvalue weighted by atomic mass is 9.80. The summed E-state index contributed by atoms with van der Waals surface area (Å²) in [7, 11) is 0. The van der Waals surface area contributed by atoms with Crippen LogP contribution in [0.25, 0.3) is 11.0 Å². The van der Waals surface area contributed by atoms with E-state index in [1.54, 1.807) is 0 Å². The first-order valence-electron chi connectivity index (χ1n) is 8.46. The Morgan fingerprint density at radius 1 is 1.24 bits per heavy atom. The second-order valence-electron chi connectivity index (χ2n) is 6.44. The van der Waals surface area contributed by atoms with Crippen LogP contribution in [-0.4, -0.2) is 15.6 Å². The zero-order valence-electron chi connectivity index (χ0n) is 13.3. The molecule has 0 radical (unpaired) electrons. The lowest BCUT2D eigenvalue weighted by molar-refractivity contribution is 0.225. The third-order valence-corrected chi connectivity index (χ3v) is 4.99. The zero-order valence-corrected chi connectivity index (χ0v) is 13.3. The van der Waals surface area contributed by atoms with Crippen molar-refractivity contribution >= 4 is 11.0 Å². The molecule has 3 unspecified atom stereocenters. The van der Waals surface area contributed by atoms with E-state index < -0.39 is 0 Å². The van der Waals surface area contributed by atoms with Gasteiger partial charge in [-0.3, -0.25) is 0 Å². The number of fused-ring (bicyclic) bond motifs is 1. The third-order valence-electron chi connectivity index (χ3n) is 4.99. The summed E-state index contributed by atoms with van der Waals surface area (Å²) in [5, 5.41) is 0. The predicted molar refractivity (Wildman–Crippen MR) is 88.4 cm³/mol. The Morgan fingerprint density at radius 2 is 2.05 bits per heavy atom. The fraction of sp³-hybridized carbons (Fsp3) is 0.611. The van der Waals surface area contributed by atoms with Crippen molar-refractivity contribution in [2.24, 2.45) is 11.7 Å². The third kappa shape index (κ3) is 2.71. The van der Waals surface area contributed by atoms with Crippen molar-refractivity contribution in [2.75, 3.05) is 0 Å². The van der Waals surface area contributed by atoms with Crippen LogP contribution in [0.1, 0.15) is 57.8 Å². The molecule has 114 valence electrons. The van der Waals surface area contributed by atoms with Gasteiger partial charge in [-0.2, -0.15) is 0 Å². The molecule has 21 heavy (non-hydrogen) atoms. The first-order valence-corrected chi connectivity index (χ1v) is 8.46. The van der Waals surface area contributed by atoms with Crippen molar-refractivity contribution in [3.63, 3.8) is 0 Å². The standard InChI is InChI=1S/C18H27N3/c1-3-7-13-10-11-14(19)17(12-13)21-16-9-6-5-8-15(16)20-18(21)4-2/h5-6,8-9,13-14,17H,3-4,7,10-12,19H2,1-2H3. The molecule has 2 N–H and O–H groups in total. The van der Waals surface area contributed by atoms with E-state index in [1.807, 2.05) is 0 Å². The maximum absolute atomic E-state index is 6.49. The van der Waals surface area contributed by atoms with Gasteiger partial charge in [0.25, 0.3) is 0 Å². The van der Waals surface area contributed by atoms with Gasteiger partial charge < -0.3 is 10.3 Å². The summed E-state index contributed by atoms with van der Waals surface area (Å²) >= 11 is 0. The molecular weight excluding hydrogens is 258 g/mol. The van der Waals surface area contributed by atoms with Crippen LogP contribution in [0.5, 0.6) is 0 Å². The van der Waals surface area contributed by atoms with Crippen LogP contribution in [0, 0.1) is 5.92 Å². The summed E-state index contributed by atoms with van der Waals surface area (Å²) < 4.78 is 2.45. The van der Waals surface area contributed by atoms with E-state index in [0.717, 1.165) is 24.3 Å². The molecule has 3 heteroatoms. The molecule has 3 atom stereocenters. The molecule has 1 aromatic carbocycles. The molecule has 0 bridgehead atoms. The van der Waals surface area contributed by atoms with Crippen molar-refractivity contribution in [1.82, 2.24) is 9.55 Å². The molecule has 3 nitrogen and oxygen atoms in total. The topological polar surface area (TPSA) is 43.8 Å². The number of rotatable bonds is 4. The van der Waals surface area contributed by atoms with E-state index >= 15 is 0 Å². The van der Waals surface area contributed by atoms with Crippen molar-refractivity contribution in [1.29, 1.82) is 0 Å². The van der Waals surface area contributed by atoms with Crippen molar-refractivity contribution in [3.05, 3.63) is 30.1 Å². The molecule has 1 aliphatic carbocycles. The van der Waals surface area contributed by atoms with Gasteiger partial charge in [0.15, 0.2) is 0 Å². The van der Waals surface area contributed by atoms with E-state index in [4.69, 9.17) is 10.7 Å². The SMILES string of the molecule is CCCC1CCC(N)C(n2c(CC)nc3ccccc32)C1. The summed E-state index contributed by atoms with van der Waals surface area (Å²) in [6, 6.07) is 9.16. The lowest BCUT2D eigenvalue weighted by Gasteiger charge is -2.36. The normalized spacial score (nSPS) is 26.3. The number of benzene rings is 1. The Hall–Kier alpha value is -1.35. The van der Waals surface area contributed by atoms with Crippen LogP contribution in [0.15, 0.2) is 24.3 Å². The number of hydrogen-bond donors (Lipinski definition) is 1. The highest BCUT2D eigenvalue weighted by atomic mass is 15.1. The number of para-hydroxylation sites is 2. The fourth-order valence-corrected chi connectivity index (χ4v) is 3.94. The molecule has 0 amide bonds. The largest absolute Gasteiger partial charge is 0.326 e. The number of hydrogen-bond acceptors (Lipinski definition) is 2. The molecule has 0 spiro atoms. The minimum atomic E-state index is 0.265. The second-order valence-corrected chi connectivity index (χ2v) is 6.44. The first-order chi connectivity index (χ1) is 10.2. The van der Waals surface area contributed by atoms with Gasteiger partial charge in [-0.15, -0.1) is 0 Å². The Kier molecular flexibility index (Phi) is 4.29. The Bertz CT molecular complexity index is 602. The second kappa shape index (κ2) is 6.18. The quantitative estimate of drug-likeness (QED) is 0.920. The maximum Gasteiger partial charge on any atom is 0.109 e. The molecule has 1 heterocycles. The van der Waals surface area contributed by atoms with Gasteiger partial charge in [-0.25, -0.2) is 4.98 Å². The van der Waals surface area contributed by atoms with Gasteiger partial charge in [-0.1, -0.05) is 38.8 Å². The van der Waals surface area contributed by atoms with E-state index in [1.165, 1.54) is 37.0 Å². The Balaban J connectivity index is 2.01. The molecular formula is C18H27N3. The van der Waals surface area contributed by atoms with Crippen LogP contribution in [0.3, 0.4) is 0 Å². The lowest BCUT2D eigenvalue weighted by Crippen LogP contribution is -2.38. The van der Waals surface area contributed by atoms with Gasteiger partial charge in [-0.05, 0) is 37.3 Å². The summed E-state index contributed by atoms with van der Waals surface area (Å²) in [5.74, 6) is 2.01. The molecule has 1 aliphatic rings. The number of aryl methyl sites for hydroxylation is 1. The number of aromatic nitrogens is 2. The summed E-state index contributed by atoms with van der Waals surface area (Å²) in [6.07, 6.45) is 7.22. The van der Waals surface area contributed by atoms with Crippen LogP contribution < -0.4 is 5.73 Å². The highest BCUT2D eigenvalue weighted by Gasteiger charge is 2.31.